The maximum Gasteiger partial charge on any atom is 0.206 e. The normalized spacial score (nSPS) is 22.4. The van der Waals surface area contributed by atoms with Gasteiger partial charge in [0.2, 0.25) is 6.23 Å². The third-order valence-corrected chi connectivity index (χ3v) is 5.93. The van der Waals surface area contributed by atoms with Crippen LogP contribution in [0.15, 0.2) is 71.5 Å². The Balaban J connectivity index is 1.73. The number of carbonyl (C=O) groups is 2. The maximum absolute atomic E-state index is 13.3. The molecular weight excluding hydrogens is 362 g/mol. The fourth-order valence-electron chi connectivity index (χ4n) is 4.51. The number of carbonyl (C=O) groups excluding carboxylic acids is 2. The molecule has 2 aliphatic heterocycles. The lowest BCUT2D eigenvalue weighted by atomic mass is 9.73. The molecule has 3 aliphatic rings. The van der Waals surface area contributed by atoms with Gasteiger partial charge < -0.3 is 9.64 Å². The van der Waals surface area contributed by atoms with Gasteiger partial charge in [0, 0.05) is 23.4 Å². The predicted molar refractivity (Wildman–Crippen MR) is 112 cm³/mol. The van der Waals surface area contributed by atoms with Gasteiger partial charge in [0.1, 0.15) is 5.75 Å². The second-order valence-electron chi connectivity index (χ2n) is 8.90. The molecule has 0 fully saturated rings. The molecule has 0 bridgehead atoms. The van der Waals surface area contributed by atoms with Gasteiger partial charge in [-0.05, 0) is 49.1 Å². The van der Waals surface area contributed by atoms with E-state index in [1.807, 2.05) is 49.4 Å². The number of hydrogen-bond donors (Lipinski definition) is 0. The Morgan fingerprint density at radius 2 is 1.72 bits per heavy atom. The summed E-state index contributed by atoms with van der Waals surface area (Å²) in [7, 11) is 0. The van der Waals surface area contributed by atoms with Crippen molar-refractivity contribution in [2.75, 3.05) is 4.90 Å². The van der Waals surface area contributed by atoms with E-state index in [0.717, 1.165) is 23.4 Å². The number of benzene rings is 2. The molecule has 146 valence electrons. The van der Waals surface area contributed by atoms with E-state index >= 15 is 0 Å². The van der Waals surface area contributed by atoms with E-state index in [0.29, 0.717) is 28.9 Å². The number of ether oxygens (including phenoxy) is 1. The van der Waals surface area contributed by atoms with Gasteiger partial charge in [0.25, 0.3) is 0 Å². The van der Waals surface area contributed by atoms with Crippen LogP contribution in [0.5, 0.6) is 5.75 Å². The molecule has 2 heterocycles. The highest BCUT2D eigenvalue weighted by Crippen LogP contribution is 2.46. The van der Waals surface area contributed by atoms with Gasteiger partial charge in [0.05, 0.1) is 11.1 Å². The van der Waals surface area contributed by atoms with Crippen molar-refractivity contribution in [3.63, 3.8) is 0 Å². The number of hydrogen-bond acceptors (Lipinski definition) is 4. The first-order chi connectivity index (χ1) is 13.8. The summed E-state index contributed by atoms with van der Waals surface area (Å²) in [6, 6.07) is 15.5. The minimum absolute atomic E-state index is 0.0712. The quantitative estimate of drug-likeness (QED) is 0.694. The zero-order chi connectivity index (χ0) is 20.3. The van der Waals surface area contributed by atoms with E-state index in [2.05, 4.69) is 18.7 Å². The third-order valence-electron chi connectivity index (χ3n) is 5.93. The summed E-state index contributed by atoms with van der Waals surface area (Å²) in [6.07, 6.45) is 2.44. The van der Waals surface area contributed by atoms with Crippen molar-refractivity contribution in [3.05, 3.63) is 82.6 Å². The Bertz CT molecular complexity index is 1110. The van der Waals surface area contributed by atoms with Crippen LogP contribution in [0.2, 0.25) is 0 Å². The minimum atomic E-state index is -0.569. The van der Waals surface area contributed by atoms with E-state index in [1.54, 1.807) is 12.1 Å². The van der Waals surface area contributed by atoms with Gasteiger partial charge in [-0.3, -0.25) is 9.59 Å². The smallest absolute Gasteiger partial charge is 0.206 e. The molecule has 1 aliphatic carbocycles. The summed E-state index contributed by atoms with van der Waals surface area (Å²) >= 11 is 0. The van der Waals surface area contributed by atoms with Crippen molar-refractivity contribution in [3.8, 4) is 5.75 Å². The summed E-state index contributed by atoms with van der Waals surface area (Å²) in [5.74, 6) is 0.603. The van der Waals surface area contributed by atoms with Crippen LogP contribution in [0, 0.1) is 12.3 Å². The topological polar surface area (TPSA) is 46.6 Å². The molecule has 4 heteroatoms. The summed E-state index contributed by atoms with van der Waals surface area (Å²) in [4.78, 5) is 28.4. The van der Waals surface area contributed by atoms with Crippen molar-refractivity contribution in [2.45, 2.75) is 39.8 Å². The number of para-hydroxylation sites is 1. The Hall–Kier alpha value is -3.14. The zero-order valence-electron chi connectivity index (χ0n) is 16.9. The monoisotopic (exact) mass is 385 g/mol. The number of aryl methyl sites for hydroxylation is 1. The van der Waals surface area contributed by atoms with Crippen molar-refractivity contribution >= 4 is 17.3 Å². The molecule has 0 saturated heterocycles. The Kier molecular flexibility index (Phi) is 3.82. The standard InChI is InChI=1S/C25H23NO3/c1-15-8-10-16(11-9-15)26-20-13-25(2,3)14-21(27)18(20)12-19-23(28)17-6-4-5-7-22(17)29-24(19)26/h4-12,24H,13-14H2,1-3H3. The molecular formula is C25H23NO3. The van der Waals surface area contributed by atoms with Crippen molar-refractivity contribution in [1.29, 1.82) is 0 Å². The molecule has 2 aromatic carbocycles. The second-order valence-corrected chi connectivity index (χ2v) is 8.90. The molecule has 29 heavy (non-hydrogen) atoms. The Morgan fingerprint density at radius 1 is 1.00 bits per heavy atom. The fourth-order valence-corrected chi connectivity index (χ4v) is 4.51. The molecule has 1 unspecified atom stereocenters. The Labute approximate surface area is 170 Å². The first kappa shape index (κ1) is 17.9. The average Bonchev–Trinajstić information content (AvgIpc) is 2.67. The van der Waals surface area contributed by atoms with Crippen LogP contribution in [-0.4, -0.2) is 17.8 Å². The SMILES string of the molecule is Cc1ccc(N2C3=C(C=C4C(=O)c5ccccc5OC42)C(=O)CC(C)(C)C3)cc1. The molecule has 5 rings (SSSR count). The number of nitrogens with zero attached hydrogens (tertiary/aromatic N) is 1. The summed E-state index contributed by atoms with van der Waals surface area (Å²) in [5.41, 5.74) is 4.60. The number of ketones is 2. The predicted octanol–water partition coefficient (Wildman–Crippen LogP) is 4.99. The first-order valence-corrected chi connectivity index (χ1v) is 9.98. The van der Waals surface area contributed by atoms with Crippen LogP contribution >= 0.6 is 0 Å². The molecule has 0 aromatic heterocycles. The maximum atomic E-state index is 13.3. The molecule has 0 spiro atoms. The van der Waals surface area contributed by atoms with Crippen LogP contribution in [0.25, 0.3) is 0 Å². The largest absolute Gasteiger partial charge is 0.465 e. The van der Waals surface area contributed by atoms with Crippen LogP contribution in [0.3, 0.4) is 0 Å². The molecule has 0 radical (unpaired) electrons. The number of allylic oxidation sites excluding steroid dienone is 3. The average molecular weight is 385 g/mol. The Morgan fingerprint density at radius 3 is 2.48 bits per heavy atom. The van der Waals surface area contributed by atoms with E-state index in [1.165, 1.54) is 0 Å². The lowest BCUT2D eigenvalue weighted by Crippen LogP contribution is -2.49. The summed E-state index contributed by atoms with van der Waals surface area (Å²) in [5, 5.41) is 0. The lowest BCUT2D eigenvalue weighted by molar-refractivity contribution is -0.117. The van der Waals surface area contributed by atoms with Gasteiger partial charge in [-0.15, -0.1) is 0 Å². The van der Waals surface area contributed by atoms with Crippen molar-refractivity contribution in [2.24, 2.45) is 5.41 Å². The molecule has 4 nitrogen and oxygen atoms in total. The van der Waals surface area contributed by atoms with Crippen LogP contribution < -0.4 is 9.64 Å². The molecule has 1 atom stereocenters. The van der Waals surface area contributed by atoms with E-state index in [-0.39, 0.29) is 17.0 Å². The minimum Gasteiger partial charge on any atom is -0.465 e. The van der Waals surface area contributed by atoms with Gasteiger partial charge >= 0.3 is 0 Å². The van der Waals surface area contributed by atoms with Crippen LogP contribution in [0.4, 0.5) is 5.69 Å². The fraction of sp³-hybridized carbons (Fsp3) is 0.280. The van der Waals surface area contributed by atoms with Crippen molar-refractivity contribution < 1.29 is 14.3 Å². The number of Topliss-reactive ketones (excluding diaryl/α,β-unsaturated/α-hetero) is 2. The number of rotatable bonds is 1. The summed E-state index contributed by atoms with van der Waals surface area (Å²) < 4.78 is 6.35. The molecule has 0 saturated carbocycles. The zero-order valence-corrected chi connectivity index (χ0v) is 16.9. The van der Waals surface area contributed by atoms with Crippen LogP contribution in [0.1, 0.15) is 42.6 Å². The number of anilines is 1. The van der Waals surface area contributed by atoms with Gasteiger partial charge in [0.15, 0.2) is 11.6 Å². The van der Waals surface area contributed by atoms with Crippen molar-refractivity contribution in [1.82, 2.24) is 0 Å². The van der Waals surface area contributed by atoms with E-state index in [9.17, 15) is 9.59 Å². The third kappa shape index (κ3) is 2.82. The highest BCUT2D eigenvalue weighted by atomic mass is 16.5. The van der Waals surface area contributed by atoms with Crippen LogP contribution in [-0.2, 0) is 4.79 Å². The van der Waals surface area contributed by atoms with Gasteiger partial charge in [-0.2, -0.15) is 0 Å². The van der Waals surface area contributed by atoms with E-state index < -0.39 is 6.23 Å². The second kappa shape index (κ2) is 6.18. The summed E-state index contributed by atoms with van der Waals surface area (Å²) in [6.45, 7) is 6.27. The van der Waals surface area contributed by atoms with E-state index in [4.69, 9.17) is 4.74 Å². The first-order valence-electron chi connectivity index (χ1n) is 9.98. The molecule has 0 amide bonds. The van der Waals surface area contributed by atoms with Gasteiger partial charge in [-0.1, -0.05) is 43.7 Å². The molecule has 0 N–H and O–H groups in total. The van der Waals surface area contributed by atoms with Gasteiger partial charge in [-0.25, -0.2) is 0 Å². The highest BCUT2D eigenvalue weighted by molar-refractivity contribution is 6.15. The lowest BCUT2D eigenvalue weighted by Gasteiger charge is -2.45. The molecule has 2 aromatic rings. The number of fused-ring (bicyclic) bond motifs is 2. The highest BCUT2D eigenvalue weighted by Gasteiger charge is 2.45.